The van der Waals surface area contributed by atoms with E-state index in [-0.39, 0.29) is 26.9 Å². The molecular weight excluding hydrogens is 461 g/mol. The molecule has 36 heavy (non-hydrogen) atoms. The van der Waals surface area contributed by atoms with Crippen LogP contribution in [0.4, 0.5) is 13.2 Å². The molecule has 0 aliphatic rings. The van der Waals surface area contributed by atoms with Crippen molar-refractivity contribution in [2.24, 2.45) is 10.1 Å². The zero-order chi connectivity index (χ0) is 25.0. The Hall–Kier alpha value is -5.01. The number of alkyl halides is 3. The van der Waals surface area contributed by atoms with Gasteiger partial charge in [-0.2, -0.15) is 30.0 Å². The maximum absolute atomic E-state index is 15.0. The number of nitrogens with zero attached hydrogens (tertiary/aromatic N) is 4. The van der Waals surface area contributed by atoms with Gasteiger partial charge in [0.25, 0.3) is 0 Å². The predicted octanol–water partition coefficient (Wildman–Crippen LogP) is 6.98. The Bertz CT molecular complexity index is 2040. The second-order valence-corrected chi connectivity index (χ2v) is 8.31. The molecule has 0 aromatic heterocycles. The van der Waals surface area contributed by atoms with Gasteiger partial charge >= 0.3 is 6.18 Å². The molecule has 0 radical (unpaired) electrons. The summed E-state index contributed by atoms with van der Waals surface area (Å²) in [5, 5.41) is 15.9. The van der Waals surface area contributed by atoms with Crippen LogP contribution in [0.1, 0.15) is 5.56 Å². The molecule has 0 saturated heterocycles. The van der Waals surface area contributed by atoms with Gasteiger partial charge < -0.3 is 0 Å². The lowest BCUT2D eigenvalue weighted by Gasteiger charge is -2.15. The fourth-order valence-electron chi connectivity index (χ4n) is 5.34. The Labute approximate surface area is 202 Å². The van der Waals surface area contributed by atoms with Gasteiger partial charge in [-0.05, 0) is 16.3 Å². The number of hydrogen-bond acceptors (Lipinski definition) is 3. The summed E-state index contributed by atoms with van der Waals surface area (Å²) in [7, 11) is 0. The summed E-state index contributed by atoms with van der Waals surface area (Å²) in [6.07, 6.45) is -3.07. The van der Waals surface area contributed by atoms with E-state index in [0.717, 1.165) is 0 Å². The smallest absolute Gasteiger partial charge is 0.181 e. The first-order chi connectivity index (χ1) is 17.5. The molecule has 6 aromatic rings. The lowest BCUT2D eigenvalue weighted by molar-refractivity contribution is -0.135. The molecular formula is C29H13F3N4. The number of benzene rings is 4. The standard InChI is InChI=1S/C29H13F3N4/c1-34-36-28-20-14-8-6-12-18(20)23-24(28)21(16-9-3-2-4-10-16)22-17-11-5-7-13-19(17)27(35-15-33)25(22)26(23)29(30,31)32/h2-14H/b35-27?,36-28+. The third-order valence-corrected chi connectivity index (χ3v) is 6.53. The molecule has 0 spiro atoms. The predicted molar refractivity (Wildman–Crippen MR) is 133 cm³/mol. The highest BCUT2D eigenvalue weighted by molar-refractivity contribution is 6.30. The van der Waals surface area contributed by atoms with Crippen molar-refractivity contribution in [1.82, 2.24) is 0 Å². The Morgan fingerprint density at radius 3 is 1.83 bits per heavy atom. The van der Waals surface area contributed by atoms with Gasteiger partial charge in [-0.15, -0.1) is 4.95 Å². The highest BCUT2D eigenvalue weighted by Crippen LogP contribution is 2.48. The first kappa shape index (κ1) is 21.5. The molecule has 0 amide bonds. The molecule has 6 rings (SSSR count). The molecule has 0 aliphatic carbocycles. The van der Waals surface area contributed by atoms with E-state index < -0.39 is 11.7 Å². The first-order valence-electron chi connectivity index (χ1n) is 11.0. The van der Waals surface area contributed by atoms with Gasteiger partial charge in [-0.1, -0.05) is 78.9 Å². The number of halogens is 3. The van der Waals surface area contributed by atoms with Gasteiger partial charge in [0.1, 0.15) is 0 Å². The Morgan fingerprint density at radius 1 is 0.694 bits per heavy atom. The summed E-state index contributed by atoms with van der Waals surface area (Å²) in [5.41, 5.74) is 0.333. The molecule has 170 valence electrons. The summed E-state index contributed by atoms with van der Waals surface area (Å²) in [6, 6.07) is 22.6. The van der Waals surface area contributed by atoms with Crippen LogP contribution >= 0.6 is 0 Å². The first-order valence-corrected chi connectivity index (χ1v) is 11.0. The van der Waals surface area contributed by atoms with Crippen molar-refractivity contribution in [2.45, 2.75) is 6.18 Å². The maximum atomic E-state index is 15.0. The van der Waals surface area contributed by atoms with Gasteiger partial charge in [0.05, 0.1) is 16.0 Å². The Balaban J connectivity index is 2.15. The lowest BCUT2D eigenvalue weighted by atomic mass is 9.90. The van der Waals surface area contributed by atoms with E-state index in [2.05, 4.69) is 15.0 Å². The van der Waals surface area contributed by atoms with E-state index in [1.54, 1.807) is 54.7 Å². The van der Waals surface area contributed by atoms with E-state index in [1.807, 2.05) is 30.3 Å². The van der Waals surface area contributed by atoms with Crippen LogP contribution in [-0.2, 0) is 6.18 Å². The fourth-order valence-corrected chi connectivity index (χ4v) is 5.34. The second-order valence-electron chi connectivity index (χ2n) is 8.31. The zero-order valence-corrected chi connectivity index (χ0v) is 18.4. The van der Waals surface area contributed by atoms with Crippen molar-refractivity contribution >= 4 is 43.1 Å². The summed E-state index contributed by atoms with van der Waals surface area (Å²) < 4.78 is 45.1. The summed E-state index contributed by atoms with van der Waals surface area (Å²) in [5.74, 6) is 0. The summed E-state index contributed by atoms with van der Waals surface area (Å²) >= 11 is 0. The molecule has 0 bridgehead atoms. The van der Waals surface area contributed by atoms with Crippen molar-refractivity contribution < 1.29 is 13.2 Å². The highest BCUT2D eigenvalue weighted by atomic mass is 19.4. The van der Waals surface area contributed by atoms with Crippen LogP contribution in [-0.4, -0.2) is 0 Å². The average Bonchev–Trinajstić information content (AvgIpc) is 3.37. The minimum Gasteiger partial charge on any atom is -0.181 e. The highest BCUT2D eigenvalue weighted by Gasteiger charge is 2.39. The number of hydrogen-bond donors (Lipinski definition) is 0. The largest absolute Gasteiger partial charge is 0.417 e. The van der Waals surface area contributed by atoms with Crippen molar-refractivity contribution in [1.29, 1.82) is 5.26 Å². The van der Waals surface area contributed by atoms with Crippen molar-refractivity contribution in [3.63, 3.8) is 0 Å². The van der Waals surface area contributed by atoms with Gasteiger partial charge in [0.2, 0.25) is 6.19 Å². The summed E-state index contributed by atoms with van der Waals surface area (Å²) in [6.45, 7) is 7.42. The monoisotopic (exact) mass is 474 g/mol. The van der Waals surface area contributed by atoms with Crippen molar-refractivity contribution in [3.05, 3.63) is 107 Å². The minimum absolute atomic E-state index is 0.0107. The second kappa shape index (κ2) is 7.76. The Morgan fingerprint density at radius 2 is 1.25 bits per heavy atom. The van der Waals surface area contributed by atoms with Crippen molar-refractivity contribution in [2.75, 3.05) is 0 Å². The molecule has 6 aromatic carbocycles. The maximum Gasteiger partial charge on any atom is 0.417 e. The van der Waals surface area contributed by atoms with Crippen LogP contribution in [0.5, 0.6) is 0 Å². The van der Waals surface area contributed by atoms with Gasteiger partial charge in [0, 0.05) is 37.9 Å². The third kappa shape index (κ3) is 2.87. The molecule has 0 atom stereocenters. The molecule has 0 fully saturated rings. The number of fused-ring (bicyclic) bond motifs is 6. The molecule has 4 nitrogen and oxygen atoms in total. The van der Waals surface area contributed by atoms with Gasteiger partial charge in [0.15, 0.2) is 5.36 Å². The summed E-state index contributed by atoms with van der Waals surface area (Å²) in [4.78, 5) is 7.11. The Kier molecular flexibility index (Phi) is 4.64. The van der Waals surface area contributed by atoms with E-state index in [4.69, 9.17) is 6.57 Å². The lowest BCUT2D eigenvalue weighted by Crippen LogP contribution is -2.12. The molecule has 0 unspecified atom stereocenters. The fraction of sp³-hybridized carbons (Fsp3) is 0.0345. The number of nitriles is 1. The normalized spacial score (nSPS) is 13.1. The molecule has 0 saturated carbocycles. The molecule has 0 aliphatic heterocycles. The number of rotatable bonds is 1. The molecule has 0 heterocycles. The van der Waals surface area contributed by atoms with E-state index >= 15 is 13.2 Å². The van der Waals surface area contributed by atoms with Gasteiger partial charge in [-0.3, -0.25) is 0 Å². The van der Waals surface area contributed by atoms with Crippen LogP contribution < -0.4 is 10.7 Å². The molecule has 0 N–H and O–H groups in total. The third-order valence-electron chi connectivity index (χ3n) is 6.53. The van der Waals surface area contributed by atoms with Gasteiger partial charge in [-0.25, -0.2) is 0 Å². The topological polar surface area (TPSA) is 52.9 Å². The van der Waals surface area contributed by atoms with E-state index in [0.29, 0.717) is 38.1 Å². The van der Waals surface area contributed by atoms with Crippen LogP contribution in [0.15, 0.2) is 89.0 Å². The molecule has 7 heteroatoms. The van der Waals surface area contributed by atoms with Crippen LogP contribution in [0, 0.1) is 18.0 Å². The quantitative estimate of drug-likeness (QED) is 0.144. The minimum atomic E-state index is -4.78. The van der Waals surface area contributed by atoms with E-state index in [9.17, 15) is 5.26 Å². The average molecular weight is 474 g/mol. The zero-order valence-electron chi connectivity index (χ0n) is 18.4. The van der Waals surface area contributed by atoms with Crippen molar-refractivity contribution in [3.8, 4) is 17.3 Å². The SMILES string of the molecule is [C-]#[N+]/N=c1\c2ccccc2c2c(C(F)(F)F)c3c(=NC#N)c4ccccc4c3c(-c3ccccc3)c12. The van der Waals surface area contributed by atoms with Crippen LogP contribution in [0.2, 0.25) is 0 Å². The van der Waals surface area contributed by atoms with Crippen LogP contribution in [0.25, 0.3) is 59.2 Å². The van der Waals surface area contributed by atoms with E-state index in [1.165, 1.54) is 0 Å². The van der Waals surface area contributed by atoms with Crippen LogP contribution in [0.3, 0.4) is 0 Å².